The molecule has 5 fully saturated rings. The highest BCUT2D eigenvalue weighted by molar-refractivity contribution is 6.05. The molecule has 0 aromatic heterocycles. The topological polar surface area (TPSA) is 144 Å². The second-order valence-electron chi connectivity index (χ2n) is 14.4. The molecule has 0 aromatic rings. The molecule has 0 unspecified atom stereocenters. The Morgan fingerprint density at radius 2 is 1.76 bits per heavy atom. The summed E-state index contributed by atoms with van der Waals surface area (Å²) in [5.41, 5.74) is -6.13. The number of carbonyl (C=O) groups excluding carboxylic acids is 2. The van der Waals surface area contributed by atoms with Gasteiger partial charge in [-0.1, -0.05) is 83.3 Å². The minimum Gasteiger partial charge on any atom is -0.459 e. The molecule has 6 aliphatic rings. The highest BCUT2D eigenvalue weighted by Crippen LogP contribution is 2.73. The van der Waals surface area contributed by atoms with Crippen LogP contribution in [0.25, 0.3) is 0 Å². The maximum atomic E-state index is 13.7. The van der Waals surface area contributed by atoms with Crippen molar-refractivity contribution in [2.75, 3.05) is 6.61 Å². The highest BCUT2D eigenvalue weighted by atomic mass is 16.9. The number of carbonyl (C=O) groups is 2. The Balaban J connectivity index is 1.39. The van der Waals surface area contributed by atoms with Crippen LogP contribution in [-0.4, -0.2) is 86.5 Å². The fourth-order valence-corrected chi connectivity index (χ4v) is 9.37. The number of rotatable bonds is 13. The monoisotopic (exact) mass is 642 g/mol. The van der Waals surface area contributed by atoms with Gasteiger partial charge in [0.2, 0.25) is 0 Å². The van der Waals surface area contributed by atoms with E-state index in [1.165, 1.54) is 45.4 Å². The fourth-order valence-electron chi connectivity index (χ4n) is 9.37. The van der Waals surface area contributed by atoms with Gasteiger partial charge in [-0.15, -0.1) is 0 Å². The number of ether oxygens (including phenoxy) is 5. The van der Waals surface area contributed by atoms with Crippen molar-refractivity contribution in [2.24, 2.45) is 17.8 Å². The van der Waals surface area contributed by atoms with E-state index in [0.29, 0.717) is 5.57 Å². The second kappa shape index (κ2) is 11.8. The first-order valence-electron chi connectivity index (χ1n) is 17.0. The van der Waals surface area contributed by atoms with Crippen LogP contribution in [-0.2, 0) is 33.3 Å². The summed E-state index contributed by atoms with van der Waals surface area (Å²) in [7, 11) is 0. The molecule has 0 spiro atoms. The number of ketones is 1. The van der Waals surface area contributed by atoms with Crippen LogP contribution in [0.5, 0.6) is 0 Å². The molecule has 3 N–H and O–H groups in total. The number of Topliss-reactive ketones (excluding diaryl/α,β-unsaturated/α-hetero) is 1. The summed E-state index contributed by atoms with van der Waals surface area (Å²) < 4.78 is 32.6. The Hall–Kier alpha value is -2.18. The summed E-state index contributed by atoms with van der Waals surface area (Å²) in [6.45, 7) is 12.3. The number of esters is 1. The number of aliphatic hydroxyl groups is 3. The van der Waals surface area contributed by atoms with Crippen LogP contribution in [0, 0.1) is 17.8 Å². The number of hydrogen-bond acceptors (Lipinski definition) is 10. The first-order valence-corrected chi connectivity index (χ1v) is 17.0. The van der Waals surface area contributed by atoms with Crippen molar-refractivity contribution >= 4 is 11.8 Å². The molecule has 3 saturated heterocycles. The molecule has 3 aliphatic heterocycles. The van der Waals surface area contributed by atoms with Gasteiger partial charge in [0.25, 0.3) is 0 Å². The molecule has 3 aliphatic carbocycles. The quantitative estimate of drug-likeness (QED) is 0.0888. The van der Waals surface area contributed by atoms with Crippen molar-refractivity contribution < 1.29 is 48.6 Å². The van der Waals surface area contributed by atoms with Crippen LogP contribution in [0.3, 0.4) is 0 Å². The van der Waals surface area contributed by atoms with Crippen molar-refractivity contribution in [3.63, 3.8) is 0 Å². The van der Waals surface area contributed by atoms with Gasteiger partial charge in [0.1, 0.15) is 30.0 Å². The summed E-state index contributed by atoms with van der Waals surface area (Å²) in [5.74, 6) is -5.58. The van der Waals surface area contributed by atoms with Crippen molar-refractivity contribution in [1.82, 2.24) is 0 Å². The van der Waals surface area contributed by atoms with E-state index in [1.54, 1.807) is 32.1 Å². The third-order valence-corrected chi connectivity index (χ3v) is 11.6. The largest absolute Gasteiger partial charge is 0.459 e. The van der Waals surface area contributed by atoms with Crippen molar-refractivity contribution in [1.29, 1.82) is 0 Å². The van der Waals surface area contributed by atoms with E-state index in [1.807, 2.05) is 13.0 Å². The van der Waals surface area contributed by atoms with Gasteiger partial charge in [0.15, 0.2) is 17.0 Å². The maximum Gasteiger partial charge on any atom is 0.307 e. The van der Waals surface area contributed by atoms with Crippen LogP contribution in [0.1, 0.15) is 86.0 Å². The maximum absolute atomic E-state index is 13.7. The smallest absolute Gasteiger partial charge is 0.307 e. The lowest BCUT2D eigenvalue weighted by Crippen LogP contribution is -2.76. The van der Waals surface area contributed by atoms with Crippen LogP contribution in [0.4, 0.5) is 0 Å². The molecular formula is C36H50O10. The van der Waals surface area contributed by atoms with Crippen LogP contribution >= 0.6 is 0 Å². The molecule has 10 nitrogen and oxygen atoms in total. The first kappa shape index (κ1) is 33.7. The Kier molecular flexibility index (Phi) is 8.61. The van der Waals surface area contributed by atoms with Gasteiger partial charge in [0, 0.05) is 30.8 Å². The number of hydrogen-bond donors (Lipinski definition) is 3. The van der Waals surface area contributed by atoms with E-state index in [2.05, 4.69) is 19.6 Å². The van der Waals surface area contributed by atoms with Crippen molar-refractivity contribution in [3.05, 3.63) is 48.1 Å². The summed E-state index contributed by atoms with van der Waals surface area (Å²) in [5, 5.41) is 34.6. The number of fused-ring (bicyclic) bond motifs is 3. The predicted molar refractivity (Wildman–Crippen MR) is 167 cm³/mol. The molecule has 2 saturated carbocycles. The standard InChI is InChI=1S/C36H50O10/c1-7-8-9-10-11-12-13-14-15-16-17-18-33-44-30-26-29-32(20-37,43-29)31(40)34(41)25(19-22(4)27(34)39)36(26,46-33)23(5)28(42-24(6)38)35(30,45-33)21(2)3/h15-19,23,25-26,28-31,37,40-41H,2,7-14,20H2,1,3-6H3/b16-15+,18-17+/t23-,25-,26+,28-,29+,30-,31-,32+,33-,34-,35-,36+/m1/s1. The molecule has 254 valence electrons. The van der Waals surface area contributed by atoms with Crippen LogP contribution in [0.15, 0.2) is 48.1 Å². The number of epoxide rings is 1. The second-order valence-corrected chi connectivity index (χ2v) is 14.4. The van der Waals surface area contributed by atoms with E-state index >= 15 is 0 Å². The molecule has 10 heteroatoms. The van der Waals surface area contributed by atoms with Crippen molar-refractivity contribution in [3.8, 4) is 0 Å². The summed E-state index contributed by atoms with van der Waals surface area (Å²) in [6.07, 6.45) is 14.1. The Labute approximate surface area is 271 Å². The Morgan fingerprint density at radius 1 is 1.07 bits per heavy atom. The van der Waals surface area contributed by atoms with E-state index < -0.39 is 88.9 Å². The molecule has 6 rings (SSSR count). The molecule has 3 heterocycles. The average molecular weight is 643 g/mol. The predicted octanol–water partition coefficient (Wildman–Crippen LogP) is 3.97. The summed E-state index contributed by atoms with van der Waals surface area (Å²) in [6, 6.07) is 0. The van der Waals surface area contributed by atoms with E-state index in [4.69, 9.17) is 23.7 Å². The zero-order chi connectivity index (χ0) is 33.3. The molecular weight excluding hydrogens is 592 g/mol. The van der Waals surface area contributed by atoms with Crippen LogP contribution < -0.4 is 0 Å². The molecule has 0 radical (unpaired) electrons. The summed E-state index contributed by atoms with van der Waals surface area (Å²) in [4.78, 5) is 26.3. The van der Waals surface area contributed by atoms with Gasteiger partial charge in [-0.3, -0.25) is 9.59 Å². The van der Waals surface area contributed by atoms with Crippen LogP contribution in [0.2, 0.25) is 0 Å². The zero-order valence-electron chi connectivity index (χ0n) is 27.7. The van der Waals surface area contributed by atoms with Gasteiger partial charge < -0.3 is 39.0 Å². The van der Waals surface area contributed by atoms with Crippen molar-refractivity contribution in [2.45, 2.75) is 139 Å². The SMILES string of the molecule is C=C(C)[C@]12O[C@@]3(/C=C/C=C/CCCCCCCCC)O[C@@H]1[C@@H]1[C@@H]4O[C@]4(CO)[C@@H](O)[C@]4(O)C(=O)C(C)=C[C@H]4[C@@]1(O3)[C@H](C)[C@H]2OC(C)=O. The number of allylic oxidation sites excluding steroid dienone is 3. The van der Waals surface area contributed by atoms with E-state index in [0.717, 1.165) is 12.8 Å². The third kappa shape index (κ3) is 4.47. The first-order chi connectivity index (χ1) is 21.8. The highest BCUT2D eigenvalue weighted by Gasteiger charge is 2.90. The van der Waals surface area contributed by atoms with Gasteiger partial charge in [-0.25, -0.2) is 0 Å². The van der Waals surface area contributed by atoms with Gasteiger partial charge in [0.05, 0.1) is 12.2 Å². The minimum atomic E-state index is -2.38. The van der Waals surface area contributed by atoms with Gasteiger partial charge >= 0.3 is 11.9 Å². The molecule has 0 amide bonds. The molecule has 46 heavy (non-hydrogen) atoms. The van der Waals surface area contributed by atoms with E-state index in [9.17, 15) is 24.9 Å². The van der Waals surface area contributed by atoms with Gasteiger partial charge in [-0.05, 0) is 37.8 Å². The molecule has 3 bridgehead atoms. The van der Waals surface area contributed by atoms with Gasteiger partial charge in [-0.2, -0.15) is 0 Å². The lowest BCUT2D eigenvalue weighted by molar-refractivity contribution is -0.407. The fraction of sp³-hybridized carbons (Fsp3) is 0.722. The number of aliphatic hydroxyl groups excluding tert-OH is 2. The number of unbranched alkanes of at least 4 members (excludes halogenated alkanes) is 7. The lowest BCUT2D eigenvalue weighted by atomic mass is 9.53. The normalized spacial score (nSPS) is 46.7. The Morgan fingerprint density at radius 3 is 2.41 bits per heavy atom. The average Bonchev–Trinajstić information content (AvgIpc) is 3.64. The van der Waals surface area contributed by atoms with E-state index in [-0.39, 0.29) is 5.57 Å². The molecule has 12 atom stereocenters. The molecule has 0 aromatic carbocycles. The lowest BCUT2D eigenvalue weighted by Gasteiger charge is -2.61. The zero-order valence-corrected chi connectivity index (χ0v) is 27.7. The summed E-state index contributed by atoms with van der Waals surface area (Å²) >= 11 is 0. The minimum absolute atomic E-state index is 0.251. The third-order valence-electron chi connectivity index (χ3n) is 11.6. The Bertz CT molecular complexity index is 1350.